The summed E-state index contributed by atoms with van der Waals surface area (Å²) in [5.74, 6) is 0.583. The summed E-state index contributed by atoms with van der Waals surface area (Å²) >= 11 is 6.15. The lowest BCUT2D eigenvalue weighted by Gasteiger charge is -2.48. The smallest absolute Gasteiger partial charge is 0.321 e. The molecule has 0 aliphatic carbocycles. The first-order chi connectivity index (χ1) is 15.1. The van der Waals surface area contributed by atoms with Crippen LogP contribution in [0.15, 0.2) is 48.5 Å². The summed E-state index contributed by atoms with van der Waals surface area (Å²) in [5.41, 5.74) is 1.92. The molecule has 166 valence electrons. The van der Waals surface area contributed by atoms with Crippen molar-refractivity contribution in [2.75, 3.05) is 45.3 Å². The molecule has 0 spiro atoms. The summed E-state index contributed by atoms with van der Waals surface area (Å²) in [6.07, 6.45) is 0. The molecule has 2 aliphatic heterocycles. The van der Waals surface area contributed by atoms with Gasteiger partial charge in [-0.05, 0) is 23.8 Å². The Morgan fingerprint density at radius 3 is 2.65 bits per heavy atom. The van der Waals surface area contributed by atoms with Gasteiger partial charge in [0.15, 0.2) is 0 Å². The number of anilines is 1. The summed E-state index contributed by atoms with van der Waals surface area (Å²) in [5, 5.41) is 10.3. The maximum atomic E-state index is 12.7. The zero-order valence-corrected chi connectivity index (χ0v) is 18.0. The van der Waals surface area contributed by atoms with Gasteiger partial charge in [0.05, 0.1) is 37.4 Å². The number of morpholine rings is 1. The van der Waals surface area contributed by atoms with E-state index < -0.39 is 0 Å². The van der Waals surface area contributed by atoms with Crippen molar-refractivity contribution in [2.24, 2.45) is 0 Å². The Labute approximate surface area is 186 Å². The molecular weight excluding hydrogens is 422 g/mol. The van der Waals surface area contributed by atoms with E-state index in [4.69, 9.17) is 31.0 Å². The summed E-state index contributed by atoms with van der Waals surface area (Å²) < 4.78 is 11.0. The number of hydrogen-bond donors (Lipinski definition) is 2. The molecule has 0 aromatic heterocycles. The zero-order valence-electron chi connectivity index (χ0n) is 17.2. The summed E-state index contributed by atoms with van der Waals surface area (Å²) in [6, 6.07) is 16.0. The number of carbonyl (C=O) groups excluding carboxylic acids is 1. The number of nitrogens with zero attached hydrogens (tertiary/aromatic N) is 2. The molecule has 2 fully saturated rings. The monoisotopic (exact) mass is 447 g/mol. The van der Waals surface area contributed by atoms with Crippen molar-refractivity contribution in [3.05, 3.63) is 59.1 Å². The second-order valence-corrected chi connectivity index (χ2v) is 7.59. The number of carboxylic acid groups (broad SMARTS) is 1. The topological polar surface area (TPSA) is 91.3 Å². The second kappa shape index (κ2) is 11.0. The number of rotatable bonds is 3. The number of halogens is 1. The van der Waals surface area contributed by atoms with E-state index in [1.54, 1.807) is 25.3 Å². The van der Waals surface area contributed by atoms with Crippen molar-refractivity contribution in [2.45, 2.75) is 12.1 Å². The first kappa shape index (κ1) is 22.9. The highest BCUT2D eigenvalue weighted by atomic mass is 35.5. The van der Waals surface area contributed by atoms with E-state index in [-0.39, 0.29) is 24.6 Å². The molecule has 8 nitrogen and oxygen atoms in total. The first-order valence-electron chi connectivity index (χ1n) is 9.93. The number of fused-ring (bicyclic) bond motifs is 1. The number of carbonyl (C=O) groups is 2. The van der Waals surface area contributed by atoms with Gasteiger partial charge >= 0.3 is 6.03 Å². The molecule has 31 heavy (non-hydrogen) atoms. The highest BCUT2D eigenvalue weighted by Crippen LogP contribution is 2.30. The number of benzene rings is 2. The van der Waals surface area contributed by atoms with Crippen LogP contribution >= 0.6 is 11.6 Å². The van der Waals surface area contributed by atoms with Crippen LogP contribution in [-0.2, 0) is 9.53 Å². The van der Waals surface area contributed by atoms with Gasteiger partial charge in [-0.1, -0.05) is 41.9 Å². The predicted molar refractivity (Wildman–Crippen MR) is 118 cm³/mol. The van der Waals surface area contributed by atoms with Crippen LogP contribution in [0, 0.1) is 0 Å². The third kappa shape index (κ3) is 5.66. The van der Waals surface area contributed by atoms with Crippen LogP contribution in [0.1, 0.15) is 11.6 Å². The molecule has 0 unspecified atom stereocenters. The van der Waals surface area contributed by atoms with Gasteiger partial charge < -0.3 is 24.8 Å². The largest absolute Gasteiger partial charge is 0.495 e. The predicted octanol–water partition coefficient (Wildman–Crippen LogP) is 3.34. The third-order valence-electron chi connectivity index (χ3n) is 5.39. The number of methoxy groups -OCH3 is 1. The van der Waals surface area contributed by atoms with Gasteiger partial charge in [0, 0.05) is 25.3 Å². The van der Waals surface area contributed by atoms with Crippen LogP contribution in [0.3, 0.4) is 0 Å². The Balaban J connectivity index is 0.000000858. The highest BCUT2D eigenvalue weighted by Gasteiger charge is 2.37. The minimum atomic E-state index is -0.250. The molecule has 9 heteroatoms. The molecule has 2 aromatic rings. The minimum Gasteiger partial charge on any atom is -0.495 e. The molecule has 2 atom stereocenters. The van der Waals surface area contributed by atoms with Gasteiger partial charge in [0.25, 0.3) is 6.47 Å². The number of ether oxygens (including phenoxy) is 2. The standard InChI is InChI=1S/C21H24ClN3O3.CH2O2/c1-27-20-8-7-16(11-18(20)22)23-21(26)24-9-10-25-17(12-24)13-28-14-19(25)15-5-3-2-4-6-15;2-1-3/h2-8,11,17,19H,9-10,12-14H2,1H3,(H,23,26);1H,(H,2,3)/t17-,19-;/m1./s1. The van der Waals surface area contributed by atoms with Crippen molar-refractivity contribution < 1.29 is 24.2 Å². The summed E-state index contributed by atoms with van der Waals surface area (Å²) in [7, 11) is 1.56. The number of nitrogens with one attached hydrogen (secondary N) is 1. The van der Waals surface area contributed by atoms with Gasteiger partial charge in [0.1, 0.15) is 5.75 Å². The normalized spacial score (nSPS) is 20.6. The van der Waals surface area contributed by atoms with Gasteiger partial charge in [-0.25, -0.2) is 4.79 Å². The fourth-order valence-electron chi connectivity index (χ4n) is 3.93. The Morgan fingerprint density at radius 2 is 1.97 bits per heavy atom. The number of hydrogen-bond acceptors (Lipinski definition) is 5. The summed E-state index contributed by atoms with van der Waals surface area (Å²) in [6.45, 7) is 3.22. The van der Waals surface area contributed by atoms with E-state index in [0.717, 1.165) is 6.54 Å². The van der Waals surface area contributed by atoms with Crippen molar-refractivity contribution in [1.82, 2.24) is 9.80 Å². The molecule has 2 saturated heterocycles. The molecule has 0 radical (unpaired) electrons. The van der Waals surface area contributed by atoms with Crippen LogP contribution < -0.4 is 10.1 Å². The van der Waals surface area contributed by atoms with E-state index in [1.165, 1.54) is 5.56 Å². The lowest BCUT2D eigenvalue weighted by Crippen LogP contribution is -2.60. The van der Waals surface area contributed by atoms with Crippen LogP contribution in [0.4, 0.5) is 10.5 Å². The maximum Gasteiger partial charge on any atom is 0.321 e. The van der Waals surface area contributed by atoms with Gasteiger partial charge in [-0.2, -0.15) is 0 Å². The van der Waals surface area contributed by atoms with Crippen molar-refractivity contribution >= 4 is 29.8 Å². The maximum absolute atomic E-state index is 12.7. The van der Waals surface area contributed by atoms with Gasteiger partial charge in [-0.15, -0.1) is 0 Å². The van der Waals surface area contributed by atoms with Crippen molar-refractivity contribution in [3.8, 4) is 5.75 Å². The van der Waals surface area contributed by atoms with Crippen LogP contribution in [0.25, 0.3) is 0 Å². The fourth-order valence-corrected chi connectivity index (χ4v) is 4.19. The van der Waals surface area contributed by atoms with Crippen molar-refractivity contribution in [3.63, 3.8) is 0 Å². The lowest BCUT2D eigenvalue weighted by atomic mass is 10.0. The first-order valence-corrected chi connectivity index (χ1v) is 10.3. The van der Waals surface area contributed by atoms with E-state index in [9.17, 15) is 4.79 Å². The van der Waals surface area contributed by atoms with Crippen LogP contribution in [0.5, 0.6) is 5.75 Å². The zero-order chi connectivity index (χ0) is 22.2. The van der Waals surface area contributed by atoms with Gasteiger partial charge in [0.2, 0.25) is 0 Å². The van der Waals surface area contributed by atoms with E-state index in [1.807, 2.05) is 11.0 Å². The Bertz CT molecular complexity index is 883. The molecule has 0 bridgehead atoms. The fraction of sp³-hybridized carbons (Fsp3) is 0.364. The quantitative estimate of drug-likeness (QED) is 0.701. The van der Waals surface area contributed by atoms with E-state index in [2.05, 4.69) is 34.5 Å². The highest BCUT2D eigenvalue weighted by molar-refractivity contribution is 6.32. The Kier molecular flexibility index (Phi) is 8.11. The van der Waals surface area contributed by atoms with Gasteiger partial charge in [-0.3, -0.25) is 9.69 Å². The average molecular weight is 448 g/mol. The Morgan fingerprint density at radius 1 is 1.23 bits per heavy atom. The Hall–Kier alpha value is -2.81. The molecule has 2 aliphatic rings. The van der Waals surface area contributed by atoms with E-state index in [0.29, 0.717) is 42.8 Å². The average Bonchev–Trinajstić information content (AvgIpc) is 2.79. The van der Waals surface area contributed by atoms with Crippen LogP contribution in [0.2, 0.25) is 5.02 Å². The van der Waals surface area contributed by atoms with E-state index >= 15 is 0 Å². The summed E-state index contributed by atoms with van der Waals surface area (Å²) in [4.78, 5) is 25.4. The lowest BCUT2D eigenvalue weighted by molar-refractivity contribution is -0.122. The minimum absolute atomic E-state index is 0.122. The molecule has 2 amide bonds. The van der Waals surface area contributed by atoms with Crippen LogP contribution in [-0.4, -0.2) is 73.4 Å². The molecular formula is C22H26ClN3O5. The number of piperazine rings is 1. The molecule has 4 rings (SSSR count). The second-order valence-electron chi connectivity index (χ2n) is 7.19. The number of urea groups is 1. The third-order valence-corrected chi connectivity index (χ3v) is 5.68. The SMILES string of the molecule is COc1ccc(NC(=O)N2CCN3[C@@H](COC[C@@H]3c3ccccc3)C2)cc1Cl.O=CO. The molecule has 0 saturated carbocycles. The van der Waals surface area contributed by atoms with Crippen molar-refractivity contribution in [1.29, 1.82) is 0 Å². The number of amides is 2. The molecule has 2 heterocycles. The molecule has 2 aromatic carbocycles. The molecule has 2 N–H and O–H groups in total.